The molecule has 1 aliphatic rings. The highest BCUT2D eigenvalue weighted by Crippen LogP contribution is 2.43. The normalized spacial score (nSPS) is 15.8. The van der Waals surface area contributed by atoms with Gasteiger partial charge in [-0.3, -0.25) is 0 Å². The van der Waals surface area contributed by atoms with Crippen molar-refractivity contribution in [3.63, 3.8) is 0 Å². The fraction of sp³-hybridized carbons (Fsp3) is 0.375. The SMILES string of the molecule is COc1ccc(Br)cc1C(Br)c1cc2c(s1)CCCC2. The molecule has 0 saturated heterocycles. The van der Waals surface area contributed by atoms with E-state index in [1.54, 1.807) is 17.6 Å². The maximum Gasteiger partial charge on any atom is 0.123 e. The standard InChI is InChI=1S/C16H16Br2OS/c1-19-13-7-6-11(17)9-12(13)16(18)15-8-10-4-2-3-5-14(10)20-15/h6-9,16H,2-5H2,1H3. The minimum Gasteiger partial charge on any atom is -0.496 e. The fourth-order valence-electron chi connectivity index (χ4n) is 2.70. The summed E-state index contributed by atoms with van der Waals surface area (Å²) in [6.07, 6.45) is 5.15. The van der Waals surface area contributed by atoms with Gasteiger partial charge in [0, 0.05) is 19.8 Å². The van der Waals surface area contributed by atoms with Crippen LogP contribution in [-0.2, 0) is 12.8 Å². The van der Waals surface area contributed by atoms with Gasteiger partial charge in [0.1, 0.15) is 5.75 Å². The van der Waals surface area contributed by atoms with Crippen molar-refractivity contribution in [1.82, 2.24) is 0 Å². The molecule has 20 heavy (non-hydrogen) atoms. The summed E-state index contributed by atoms with van der Waals surface area (Å²) in [6.45, 7) is 0. The minimum atomic E-state index is 0.200. The van der Waals surface area contributed by atoms with E-state index >= 15 is 0 Å². The van der Waals surface area contributed by atoms with Gasteiger partial charge in [0.25, 0.3) is 0 Å². The molecule has 3 rings (SSSR count). The maximum atomic E-state index is 5.50. The number of aryl methyl sites for hydroxylation is 2. The Morgan fingerprint density at radius 1 is 1.20 bits per heavy atom. The molecule has 1 aromatic carbocycles. The molecule has 4 heteroatoms. The van der Waals surface area contributed by atoms with Gasteiger partial charge in [-0.2, -0.15) is 0 Å². The molecule has 0 fully saturated rings. The second kappa shape index (κ2) is 6.20. The van der Waals surface area contributed by atoms with Crippen LogP contribution in [0.2, 0.25) is 0 Å². The number of halogens is 2. The van der Waals surface area contributed by atoms with Crippen molar-refractivity contribution in [3.8, 4) is 5.75 Å². The van der Waals surface area contributed by atoms with Crippen molar-refractivity contribution < 1.29 is 4.74 Å². The summed E-state index contributed by atoms with van der Waals surface area (Å²) in [4.78, 5) is 3.16. The van der Waals surface area contributed by atoms with Crippen LogP contribution in [-0.4, -0.2) is 7.11 Å². The first-order chi connectivity index (χ1) is 9.69. The van der Waals surface area contributed by atoms with Crippen LogP contribution < -0.4 is 4.74 Å². The first kappa shape index (κ1) is 14.6. The van der Waals surface area contributed by atoms with Crippen LogP contribution in [0.15, 0.2) is 28.7 Å². The van der Waals surface area contributed by atoms with Gasteiger partial charge in [0.2, 0.25) is 0 Å². The van der Waals surface area contributed by atoms with Crippen LogP contribution in [0.5, 0.6) is 5.75 Å². The highest BCUT2D eigenvalue weighted by Gasteiger charge is 2.21. The van der Waals surface area contributed by atoms with Crippen molar-refractivity contribution in [1.29, 1.82) is 0 Å². The lowest BCUT2D eigenvalue weighted by Crippen LogP contribution is -1.97. The lowest BCUT2D eigenvalue weighted by atomic mass is 9.98. The summed E-state index contributed by atoms with van der Waals surface area (Å²) in [6, 6.07) is 8.54. The van der Waals surface area contributed by atoms with Crippen molar-refractivity contribution in [2.75, 3.05) is 7.11 Å². The molecule has 0 radical (unpaired) electrons. The zero-order valence-corrected chi connectivity index (χ0v) is 15.3. The zero-order valence-electron chi connectivity index (χ0n) is 11.3. The third kappa shape index (κ3) is 2.83. The van der Waals surface area contributed by atoms with E-state index in [1.165, 1.54) is 36.1 Å². The molecule has 0 N–H and O–H groups in total. The third-order valence-electron chi connectivity index (χ3n) is 3.73. The second-order valence-electron chi connectivity index (χ2n) is 5.05. The molecule has 106 valence electrons. The molecule has 0 spiro atoms. The van der Waals surface area contributed by atoms with E-state index < -0.39 is 0 Å². The topological polar surface area (TPSA) is 9.23 Å². The van der Waals surface area contributed by atoms with E-state index in [1.807, 2.05) is 23.5 Å². The molecular weight excluding hydrogens is 400 g/mol. The van der Waals surface area contributed by atoms with Gasteiger partial charge in [-0.15, -0.1) is 11.3 Å². The fourth-order valence-corrected chi connectivity index (χ4v) is 5.10. The number of benzene rings is 1. The third-order valence-corrected chi connectivity index (χ3v) is 6.82. The Balaban J connectivity index is 1.97. The lowest BCUT2D eigenvalue weighted by molar-refractivity contribution is 0.410. The van der Waals surface area contributed by atoms with E-state index in [4.69, 9.17) is 4.74 Å². The van der Waals surface area contributed by atoms with Crippen molar-refractivity contribution in [2.45, 2.75) is 30.5 Å². The van der Waals surface area contributed by atoms with Crippen LogP contribution in [0.25, 0.3) is 0 Å². The van der Waals surface area contributed by atoms with E-state index in [2.05, 4.69) is 44.0 Å². The molecule has 1 heterocycles. The molecule has 0 aliphatic heterocycles. The van der Waals surface area contributed by atoms with Gasteiger partial charge in [0.15, 0.2) is 0 Å². The first-order valence-electron chi connectivity index (χ1n) is 6.78. The van der Waals surface area contributed by atoms with Gasteiger partial charge < -0.3 is 4.74 Å². The molecule has 0 amide bonds. The van der Waals surface area contributed by atoms with Gasteiger partial charge in [-0.25, -0.2) is 0 Å². The Morgan fingerprint density at radius 3 is 2.75 bits per heavy atom. The first-order valence-corrected chi connectivity index (χ1v) is 9.30. The summed E-state index contributed by atoms with van der Waals surface area (Å²) >= 11 is 9.35. The molecule has 1 aliphatic carbocycles. The van der Waals surface area contributed by atoms with E-state index in [9.17, 15) is 0 Å². The Morgan fingerprint density at radius 2 is 2.00 bits per heavy atom. The van der Waals surface area contributed by atoms with Crippen LogP contribution in [0.4, 0.5) is 0 Å². The van der Waals surface area contributed by atoms with Crippen molar-refractivity contribution in [2.24, 2.45) is 0 Å². The molecule has 2 aromatic rings. The average molecular weight is 416 g/mol. The lowest BCUT2D eigenvalue weighted by Gasteiger charge is -2.13. The molecule has 0 bridgehead atoms. The Hall–Kier alpha value is -0.320. The summed E-state index contributed by atoms with van der Waals surface area (Å²) in [5.41, 5.74) is 2.73. The highest BCUT2D eigenvalue weighted by molar-refractivity contribution is 9.10. The molecule has 1 unspecified atom stereocenters. The summed E-state index contributed by atoms with van der Waals surface area (Å²) in [5.74, 6) is 0.932. The summed E-state index contributed by atoms with van der Waals surface area (Å²) in [7, 11) is 1.73. The number of hydrogen-bond donors (Lipinski definition) is 0. The number of rotatable bonds is 3. The monoisotopic (exact) mass is 414 g/mol. The van der Waals surface area contributed by atoms with Crippen LogP contribution in [0.1, 0.15) is 38.6 Å². The van der Waals surface area contributed by atoms with Crippen LogP contribution in [0.3, 0.4) is 0 Å². The Kier molecular flexibility index (Phi) is 4.53. The van der Waals surface area contributed by atoms with Crippen molar-refractivity contribution >= 4 is 43.2 Å². The molecular formula is C16H16Br2OS. The predicted octanol–water partition coefficient (Wildman–Crippen LogP) is 5.88. The molecule has 1 atom stereocenters. The predicted molar refractivity (Wildman–Crippen MR) is 92.4 cm³/mol. The zero-order chi connectivity index (χ0) is 14.1. The highest BCUT2D eigenvalue weighted by atomic mass is 79.9. The minimum absolute atomic E-state index is 0.200. The number of ether oxygens (including phenoxy) is 1. The maximum absolute atomic E-state index is 5.50. The average Bonchev–Trinajstić information content (AvgIpc) is 2.90. The number of thiophene rings is 1. The Bertz CT molecular complexity index is 597. The van der Waals surface area contributed by atoms with Gasteiger partial charge >= 0.3 is 0 Å². The molecule has 1 nitrogen and oxygen atoms in total. The number of fused-ring (bicyclic) bond motifs is 1. The van der Waals surface area contributed by atoms with E-state index in [0.717, 1.165) is 10.2 Å². The number of alkyl halides is 1. The van der Waals surface area contributed by atoms with E-state index in [0.29, 0.717) is 0 Å². The number of hydrogen-bond acceptors (Lipinski definition) is 2. The molecule has 1 aromatic heterocycles. The summed E-state index contributed by atoms with van der Waals surface area (Å²) < 4.78 is 6.58. The van der Waals surface area contributed by atoms with Gasteiger partial charge in [-0.05, 0) is 55.5 Å². The quantitative estimate of drug-likeness (QED) is 0.568. The molecule has 0 saturated carbocycles. The second-order valence-corrected chi connectivity index (χ2v) is 8.05. The van der Waals surface area contributed by atoms with Crippen LogP contribution >= 0.6 is 43.2 Å². The van der Waals surface area contributed by atoms with Gasteiger partial charge in [0.05, 0.1) is 11.9 Å². The van der Waals surface area contributed by atoms with Crippen LogP contribution in [0, 0.1) is 0 Å². The smallest absolute Gasteiger partial charge is 0.123 e. The van der Waals surface area contributed by atoms with E-state index in [-0.39, 0.29) is 4.83 Å². The summed E-state index contributed by atoms with van der Waals surface area (Å²) in [5, 5.41) is 0. The van der Waals surface area contributed by atoms with Crippen molar-refractivity contribution in [3.05, 3.63) is 49.6 Å². The number of methoxy groups -OCH3 is 1. The Labute approximate surface area is 140 Å². The van der Waals surface area contributed by atoms with Gasteiger partial charge in [-0.1, -0.05) is 31.9 Å². The largest absolute Gasteiger partial charge is 0.496 e.